The summed E-state index contributed by atoms with van der Waals surface area (Å²) in [4.78, 5) is 15.0. The highest BCUT2D eigenvalue weighted by Gasteiger charge is 2.29. The summed E-state index contributed by atoms with van der Waals surface area (Å²) in [5.74, 6) is 0.0719. The number of nitrogens with zero attached hydrogens (tertiary/aromatic N) is 1. The molecule has 5 heteroatoms. The van der Waals surface area contributed by atoms with Crippen LogP contribution in [0, 0.1) is 13.8 Å². The summed E-state index contributed by atoms with van der Waals surface area (Å²) in [6.07, 6.45) is 3.85. The van der Waals surface area contributed by atoms with Gasteiger partial charge in [0.15, 0.2) is 0 Å². The van der Waals surface area contributed by atoms with Crippen molar-refractivity contribution in [1.82, 2.24) is 4.90 Å². The average molecular weight is 338 g/mol. The maximum atomic E-state index is 12.8. The minimum Gasteiger partial charge on any atom is -0.324 e. The van der Waals surface area contributed by atoms with E-state index in [2.05, 4.69) is 10.2 Å². The molecule has 0 radical (unpaired) electrons. The molecule has 2 atom stereocenters. The van der Waals surface area contributed by atoms with E-state index in [0.29, 0.717) is 12.1 Å². The van der Waals surface area contributed by atoms with E-state index in [1.54, 1.807) is 0 Å². The van der Waals surface area contributed by atoms with Crippen molar-refractivity contribution >= 4 is 23.7 Å². The van der Waals surface area contributed by atoms with Crippen molar-refractivity contribution in [2.45, 2.75) is 57.7 Å². The molecule has 1 aliphatic heterocycles. The third-order valence-corrected chi connectivity index (χ3v) is 5.16. The van der Waals surface area contributed by atoms with Crippen LogP contribution in [0.4, 0.5) is 9.57 Å². The van der Waals surface area contributed by atoms with Gasteiger partial charge in [0.2, 0.25) is 5.91 Å². The molecule has 1 aromatic rings. The van der Waals surface area contributed by atoms with E-state index in [1.165, 1.54) is 0 Å². The summed E-state index contributed by atoms with van der Waals surface area (Å²) in [5.41, 5.74) is 3.10. The van der Waals surface area contributed by atoms with E-state index in [4.69, 9.17) is 0 Å². The van der Waals surface area contributed by atoms with Crippen LogP contribution in [0.3, 0.4) is 0 Å². The molecule has 1 aliphatic rings. The molecule has 1 aromatic carbocycles. The average Bonchev–Trinajstić information content (AvgIpc) is 2.56. The van der Waals surface area contributed by atoms with Crippen LogP contribution >= 0.6 is 12.1 Å². The van der Waals surface area contributed by atoms with Crippen LogP contribution in [-0.2, 0) is 4.79 Å². The summed E-state index contributed by atoms with van der Waals surface area (Å²) < 4.78 is 12.6. The minimum atomic E-state index is -0.0976. The Morgan fingerprint density at radius 3 is 2.74 bits per heavy atom. The Balaban J connectivity index is 2.03. The fourth-order valence-electron chi connectivity index (χ4n) is 3.17. The highest BCUT2D eigenvalue weighted by atomic mass is 32.2. The van der Waals surface area contributed by atoms with Gasteiger partial charge >= 0.3 is 0 Å². The molecule has 0 saturated carbocycles. The molecule has 23 heavy (non-hydrogen) atoms. The highest BCUT2D eigenvalue weighted by Crippen LogP contribution is 2.24. The molecule has 3 nitrogen and oxygen atoms in total. The summed E-state index contributed by atoms with van der Waals surface area (Å²) in [7, 11) is 0. The Morgan fingerprint density at radius 2 is 2.09 bits per heavy atom. The van der Waals surface area contributed by atoms with E-state index in [-0.39, 0.29) is 17.2 Å². The van der Waals surface area contributed by atoms with Gasteiger partial charge in [0.1, 0.15) is 0 Å². The van der Waals surface area contributed by atoms with Gasteiger partial charge in [0.05, 0.1) is 6.04 Å². The summed E-state index contributed by atoms with van der Waals surface area (Å²) in [5, 5.41) is 3.11. The van der Waals surface area contributed by atoms with Crippen molar-refractivity contribution in [1.29, 1.82) is 0 Å². The van der Waals surface area contributed by atoms with Gasteiger partial charge in [0, 0.05) is 29.6 Å². The largest absolute Gasteiger partial charge is 0.324 e. The van der Waals surface area contributed by atoms with Gasteiger partial charge in [-0.05, 0) is 50.8 Å². The second-order valence-electron chi connectivity index (χ2n) is 6.49. The zero-order chi connectivity index (χ0) is 16.8. The van der Waals surface area contributed by atoms with E-state index in [1.807, 2.05) is 39.0 Å². The van der Waals surface area contributed by atoms with E-state index >= 15 is 0 Å². The lowest BCUT2D eigenvalue weighted by molar-refractivity contribution is -0.122. The molecule has 1 fully saturated rings. The zero-order valence-electron chi connectivity index (χ0n) is 14.3. The third-order valence-electron chi connectivity index (χ3n) is 4.62. The number of anilines is 1. The first-order chi connectivity index (χ1) is 11.0. The summed E-state index contributed by atoms with van der Waals surface area (Å²) in [6.45, 7) is 7.63. The van der Waals surface area contributed by atoms with Crippen molar-refractivity contribution in [3.8, 4) is 0 Å². The molecule has 0 spiro atoms. The van der Waals surface area contributed by atoms with Crippen molar-refractivity contribution in [3.63, 3.8) is 0 Å². The van der Waals surface area contributed by atoms with Crippen LogP contribution in [0.5, 0.6) is 0 Å². The second kappa shape index (κ2) is 8.69. The van der Waals surface area contributed by atoms with Gasteiger partial charge in [0.25, 0.3) is 0 Å². The minimum absolute atomic E-state index is 0.0146. The molecule has 2 rings (SSSR count). The number of benzene rings is 1. The number of para-hydroxylation sites is 1. The number of amides is 1. The van der Waals surface area contributed by atoms with E-state index < -0.39 is 0 Å². The Labute approximate surface area is 143 Å². The van der Waals surface area contributed by atoms with Crippen LogP contribution in [0.25, 0.3) is 0 Å². The number of piperidine rings is 1. The first-order valence-corrected chi connectivity index (χ1v) is 9.19. The number of hydrogen-bond donors (Lipinski definition) is 1. The smallest absolute Gasteiger partial charge is 0.241 e. The first-order valence-electron chi connectivity index (χ1n) is 8.41. The topological polar surface area (TPSA) is 32.3 Å². The van der Waals surface area contributed by atoms with E-state index in [0.717, 1.165) is 55.6 Å². The van der Waals surface area contributed by atoms with Crippen molar-refractivity contribution in [3.05, 3.63) is 29.3 Å². The summed E-state index contributed by atoms with van der Waals surface area (Å²) in [6, 6.07) is 5.94. The zero-order valence-corrected chi connectivity index (χ0v) is 15.1. The van der Waals surface area contributed by atoms with Crippen LogP contribution in [0.15, 0.2) is 18.2 Å². The molecule has 1 N–H and O–H groups in total. The monoisotopic (exact) mass is 338 g/mol. The number of rotatable bonds is 6. The van der Waals surface area contributed by atoms with Gasteiger partial charge in [-0.3, -0.25) is 9.69 Å². The van der Waals surface area contributed by atoms with Crippen LogP contribution in [-0.4, -0.2) is 35.2 Å². The molecule has 0 aromatic heterocycles. The predicted octanol–water partition coefficient (Wildman–Crippen LogP) is 4.49. The number of likely N-dealkylation sites (tertiary alicyclic amines) is 1. The van der Waals surface area contributed by atoms with Crippen LogP contribution in [0.2, 0.25) is 0 Å². The summed E-state index contributed by atoms with van der Waals surface area (Å²) >= 11 is 0.402. The number of halogens is 1. The normalized spacial score (nSPS) is 20.3. The molecule has 1 amide bonds. The lowest BCUT2D eigenvalue weighted by Gasteiger charge is -2.35. The number of carbonyl (C=O) groups is 1. The maximum absolute atomic E-state index is 12.8. The van der Waals surface area contributed by atoms with E-state index in [9.17, 15) is 8.68 Å². The SMILES string of the molecule is Cc1cccc(C)c1NC(=O)C1CCCCN1CCC(C)SF. The van der Waals surface area contributed by atoms with Gasteiger partial charge in [-0.1, -0.05) is 31.5 Å². The molecule has 128 valence electrons. The fourth-order valence-corrected chi connectivity index (χ4v) is 3.36. The molecule has 1 heterocycles. The quantitative estimate of drug-likeness (QED) is 0.829. The molecule has 2 unspecified atom stereocenters. The van der Waals surface area contributed by atoms with Gasteiger partial charge < -0.3 is 5.32 Å². The van der Waals surface area contributed by atoms with Crippen LogP contribution in [0.1, 0.15) is 43.7 Å². The molecule has 0 bridgehead atoms. The lowest BCUT2D eigenvalue weighted by atomic mass is 10.00. The van der Waals surface area contributed by atoms with Gasteiger partial charge in [-0.2, -0.15) is 3.89 Å². The highest BCUT2D eigenvalue weighted by molar-refractivity contribution is 7.94. The Kier molecular flexibility index (Phi) is 6.90. The van der Waals surface area contributed by atoms with Crippen LogP contribution < -0.4 is 5.32 Å². The van der Waals surface area contributed by atoms with Crippen molar-refractivity contribution in [2.75, 3.05) is 18.4 Å². The molecule has 1 saturated heterocycles. The fraction of sp³-hybridized carbons (Fsp3) is 0.611. The van der Waals surface area contributed by atoms with Crippen molar-refractivity contribution < 1.29 is 8.68 Å². The maximum Gasteiger partial charge on any atom is 0.241 e. The number of aryl methyl sites for hydroxylation is 2. The lowest BCUT2D eigenvalue weighted by Crippen LogP contribution is -2.47. The third kappa shape index (κ3) is 4.95. The molecule has 0 aliphatic carbocycles. The van der Waals surface area contributed by atoms with Gasteiger partial charge in [-0.15, -0.1) is 0 Å². The molecular formula is C18H27FN2OS. The Bertz CT molecular complexity index is 518. The Hall–Kier alpha value is -1.07. The van der Waals surface area contributed by atoms with Gasteiger partial charge in [-0.25, -0.2) is 0 Å². The standard InChI is InChI=1S/C18H27FN2OS/c1-13-7-6-8-14(2)17(13)20-18(22)16-9-4-5-11-21(16)12-10-15(3)23-19/h6-8,15-16H,4-5,9-12H2,1-3H3,(H,20,22). The number of nitrogens with one attached hydrogen (secondary N) is 1. The number of hydrogen-bond acceptors (Lipinski definition) is 3. The Morgan fingerprint density at radius 1 is 1.39 bits per heavy atom. The first kappa shape index (κ1) is 18.3. The van der Waals surface area contributed by atoms with Crippen molar-refractivity contribution in [2.24, 2.45) is 0 Å². The number of carbonyl (C=O) groups excluding carboxylic acids is 1. The predicted molar refractivity (Wildman–Crippen MR) is 96.5 cm³/mol. The second-order valence-corrected chi connectivity index (χ2v) is 7.47. The molecular weight excluding hydrogens is 311 g/mol.